The second-order valence-electron chi connectivity index (χ2n) is 7.62. The average molecular weight is 432 g/mol. The minimum Gasteiger partial charge on any atom is -0.356 e. The lowest BCUT2D eigenvalue weighted by atomic mass is 9.92. The molecule has 3 aromatic carbocycles. The molecule has 0 saturated heterocycles. The number of hydrogen-bond donors (Lipinski definition) is 2. The lowest BCUT2D eigenvalue weighted by Crippen LogP contribution is -2.43. The van der Waals surface area contributed by atoms with E-state index in [4.69, 9.17) is 0 Å². The van der Waals surface area contributed by atoms with Crippen molar-refractivity contribution in [2.45, 2.75) is 17.4 Å². The first-order valence-electron chi connectivity index (χ1n) is 10.2. The first-order chi connectivity index (χ1) is 15.1. The van der Waals surface area contributed by atoms with E-state index in [2.05, 4.69) is 16.4 Å². The van der Waals surface area contributed by atoms with Gasteiger partial charge in [-0.15, -0.1) is 11.8 Å². The number of carbonyl (C=O) groups excluding carboxylic acids is 1. The summed E-state index contributed by atoms with van der Waals surface area (Å²) in [5.41, 5.74) is 4.90. The molecule has 1 atom stereocenters. The van der Waals surface area contributed by atoms with Crippen molar-refractivity contribution < 1.29 is 9.18 Å². The minimum atomic E-state index is -0.319. The van der Waals surface area contributed by atoms with Gasteiger partial charge in [0.05, 0.1) is 6.04 Å². The van der Waals surface area contributed by atoms with Crippen LogP contribution in [0.1, 0.15) is 22.9 Å². The third-order valence-electron chi connectivity index (χ3n) is 5.80. The Bertz CT molecular complexity index is 1250. The predicted molar refractivity (Wildman–Crippen MR) is 124 cm³/mol. The lowest BCUT2D eigenvalue weighted by molar-refractivity contribution is 0.193. The molecule has 4 nitrogen and oxygen atoms in total. The molecule has 0 saturated carbocycles. The number of nitrogens with zero attached hydrogens (tertiary/aromatic N) is 1. The zero-order valence-electron chi connectivity index (χ0n) is 17.1. The number of benzene rings is 3. The van der Waals surface area contributed by atoms with Gasteiger partial charge in [0.2, 0.25) is 0 Å². The molecule has 5 rings (SSSR count). The van der Waals surface area contributed by atoms with Gasteiger partial charge in [0.25, 0.3) is 0 Å². The Morgan fingerprint density at radius 3 is 2.71 bits per heavy atom. The van der Waals surface area contributed by atoms with E-state index >= 15 is 0 Å². The number of amides is 2. The smallest absolute Gasteiger partial charge is 0.322 e. The highest BCUT2D eigenvalue weighted by Gasteiger charge is 2.34. The maximum Gasteiger partial charge on any atom is 0.322 e. The maximum absolute atomic E-state index is 13.6. The molecule has 2 heterocycles. The van der Waals surface area contributed by atoms with Gasteiger partial charge in [-0.3, -0.25) is 0 Å². The van der Waals surface area contributed by atoms with Crippen molar-refractivity contribution in [1.29, 1.82) is 0 Å². The Balaban J connectivity index is 1.55. The van der Waals surface area contributed by atoms with Crippen LogP contribution in [-0.4, -0.2) is 28.7 Å². The number of H-pyrrole nitrogens is 1. The quantitative estimate of drug-likeness (QED) is 0.379. The molecule has 1 aromatic heterocycles. The number of thioether (sulfide) groups is 1. The van der Waals surface area contributed by atoms with Crippen molar-refractivity contribution in [2.24, 2.45) is 0 Å². The van der Waals surface area contributed by atoms with Crippen molar-refractivity contribution in [3.8, 4) is 0 Å². The number of rotatable bonds is 3. The normalized spacial score (nSPS) is 15.7. The summed E-state index contributed by atoms with van der Waals surface area (Å²) in [6.07, 6.45) is 2.77. The van der Waals surface area contributed by atoms with Crippen LogP contribution < -0.4 is 5.32 Å². The van der Waals surface area contributed by atoms with Crippen LogP contribution in [0.15, 0.2) is 77.7 Å². The molecule has 0 aliphatic carbocycles. The molecular weight excluding hydrogens is 409 g/mol. The van der Waals surface area contributed by atoms with Gasteiger partial charge < -0.3 is 15.2 Å². The minimum absolute atomic E-state index is 0.170. The fraction of sp³-hybridized carbons (Fsp3) is 0.160. The van der Waals surface area contributed by atoms with Gasteiger partial charge in [0.1, 0.15) is 5.82 Å². The molecule has 4 aromatic rings. The van der Waals surface area contributed by atoms with Crippen LogP contribution in [0, 0.1) is 5.82 Å². The number of hydrogen-bond acceptors (Lipinski definition) is 2. The summed E-state index contributed by atoms with van der Waals surface area (Å²) in [6.45, 7) is 0.574. The molecule has 2 N–H and O–H groups in total. The number of urea groups is 1. The fourth-order valence-corrected chi connectivity index (χ4v) is 4.81. The number of carbonyl (C=O) groups is 1. The van der Waals surface area contributed by atoms with E-state index < -0.39 is 0 Å². The highest BCUT2D eigenvalue weighted by atomic mass is 32.2. The van der Waals surface area contributed by atoms with Crippen LogP contribution in [-0.2, 0) is 6.42 Å². The zero-order chi connectivity index (χ0) is 21.4. The van der Waals surface area contributed by atoms with Crippen molar-refractivity contribution in [1.82, 2.24) is 9.88 Å². The highest BCUT2D eigenvalue weighted by molar-refractivity contribution is 7.98. The van der Waals surface area contributed by atoms with Crippen molar-refractivity contribution in [2.75, 3.05) is 18.1 Å². The van der Waals surface area contributed by atoms with Gasteiger partial charge in [0, 0.05) is 33.7 Å². The van der Waals surface area contributed by atoms with Gasteiger partial charge in [-0.2, -0.15) is 0 Å². The summed E-state index contributed by atoms with van der Waals surface area (Å²) >= 11 is 1.63. The second kappa shape index (κ2) is 8.12. The van der Waals surface area contributed by atoms with Crippen molar-refractivity contribution >= 4 is 34.4 Å². The van der Waals surface area contributed by atoms with E-state index in [0.29, 0.717) is 6.54 Å². The highest BCUT2D eigenvalue weighted by Crippen LogP contribution is 2.38. The number of para-hydroxylation sites is 1. The standard InChI is InChI=1S/C25H22FN3OS/c1-31-19-6-4-5-18(15-19)27-25(30)29-14-13-21-20-7-2-3-8-22(20)28-23(21)24(29)16-9-11-17(26)12-10-16/h2-12,15,24,28H,13-14H2,1H3,(H,27,30)/t24-/m1/s1. The van der Waals surface area contributed by atoms with Crippen LogP contribution in [0.5, 0.6) is 0 Å². The number of nitrogens with one attached hydrogen (secondary N) is 2. The topological polar surface area (TPSA) is 48.1 Å². The third kappa shape index (κ3) is 3.68. The van der Waals surface area contributed by atoms with E-state index in [-0.39, 0.29) is 17.9 Å². The van der Waals surface area contributed by atoms with E-state index in [1.807, 2.05) is 53.6 Å². The van der Waals surface area contributed by atoms with Crippen molar-refractivity contribution in [3.05, 3.63) is 95.4 Å². The summed E-state index contributed by atoms with van der Waals surface area (Å²) in [7, 11) is 0. The van der Waals surface area contributed by atoms with E-state index in [9.17, 15) is 9.18 Å². The Kier molecular flexibility index (Phi) is 5.16. The molecule has 31 heavy (non-hydrogen) atoms. The molecule has 1 aliphatic heterocycles. The number of fused-ring (bicyclic) bond motifs is 3. The van der Waals surface area contributed by atoms with Gasteiger partial charge in [-0.05, 0) is 60.2 Å². The first kappa shape index (κ1) is 19.7. The summed E-state index contributed by atoms with van der Waals surface area (Å²) < 4.78 is 13.6. The van der Waals surface area contributed by atoms with Crippen LogP contribution in [0.3, 0.4) is 0 Å². The van der Waals surface area contributed by atoms with E-state index in [0.717, 1.165) is 33.8 Å². The molecule has 2 amide bonds. The average Bonchev–Trinajstić information content (AvgIpc) is 3.18. The molecule has 0 fully saturated rings. The van der Waals surface area contributed by atoms with Crippen LogP contribution >= 0.6 is 11.8 Å². The Morgan fingerprint density at radius 2 is 1.90 bits per heavy atom. The second-order valence-corrected chi connectivity index (χ2v) is 8.50. The van der Waals surface area contributed by atoms with Crippen LogP contribution in [0.4, 0.5) is 14.9 Å². The van der Waals surface area contributed by atoms with Gasteiger partial charge >= 0.3 is 6.03 Å². The maximum atomic E-state index is 13.6. The largest absolute Gasteiger partial charge is 0.356 e. The van der Waals surface area contributed by atoms with E-state index in [1.165, 1.54) is 23.1 Å². The summed E-state index contributed by atoms with van der Waals surface area (Å²) in [4.78, 5) is 19.8. The molecule has 0 radical (unpaired) electrons. The SMILES string of the molecule is CSc1cccc(NC(=O)N2CCc3c([nH]c4ccccc34)[C@H]2c2ccc(F)cc2)c1. The monoisotopic (exact) mass is 431 g/mol. The first-order valence-corrected chi connectivity index (χ1v) is 11.4. The molecule has 0 bridgehead atoms. The number of anilines is 1. The van der Waals surface area contributed by atoms with Gasteiger partial charge in [0.15, 0.2) is 0 Å². The lowest BCUT2D eigenvalue weighted by Gasteiger charge is -2.36. The van der Waals surface area contributed by atoms with Crippen LogP contribution in [0.25, 0.3) is 10.9 Å². The van der Waals surface area contributed by atoms with Gasteiger partial charge in [-0.1, -0.05) is 36.4 Å². The molecular formula is C25H22FN3OS. The Hall–Kier alpha value is -3.25. The molecule has 0 unspecified atom stereocenters. The van der Waals surface area contributed by atoms with E-state index in [1.54, 1.807) is 23.9 Å². The molecule has 6 heteroatoms. The fourth-order valence-electron chi connectivity index (χ4n) is 4.35. The predicted octanol–water partition coefficient (Wildman–Crippen LogP) is 6.21. The summed E-state index contributed by atoms with van der Waals surface area (Å²) in [5, 5.41) is 4.23. The van der Waals surface area contributed by atoms with Gasteiger partial charge in [-0.25, -0.2) is 9.18 Å². The van der Waals surface area contributed by atoms with Crippen molar-refractivity contribution in [3.63, 3.8) is 0 Å². The molecule has 156 valence electrons. The number of aromatic nitrogens is 1. The summed E-state index contributed by atoms with van der Waals surface area (Å²) in [6, 6.07) is 21.9. The third-order valence-corrected chi connectivity index (χ3v) is 6.53. The number of aromatic amines is 1. The zero-order valence-corrected chi connectivity index (χ0v) is 17.9. The van der Waals surface area contributed by atoms with Crippen LogP contribution in [0.2, 0.25) is 0 Å². The molecule has 0 spiro atoms. The summed E-state index contributed by atoms with van der Waals surface area (Å²) in [5.74, 6) is -0.290. The Labute approximate surface area is 184 Å². The molecule has 1 aliphatic rings. The number of halogens is 1. The Morgan fingerprint density at radius 1 is 1.10 bits per heavy atom.